The molecule has 7 heteroatoms. The summed E-state index contributed by atoms with van der Waals surface area (Å²) in [7, 11) is 3.95. The summed E-state index contributed by atoms with van der Waals surface area (Å²) in [4.78, 5) is 7.70. The third-order valence-electron chi connectivity index (χ3n) is 2.76. The van der Waals surface area contributed by atoms with E-state index in [1.54, 1.807) is 4.90 Å². The van der Waals surface area contributed by atoms with Crippen LogP contribution in [0.1, 0.15) is 13.3 Å². The first-order chi connectivity index (χ1) is 8.99. The van der Waals surface area contributed by atoms with E-state index >= 15 is 0 Å². The molecule has 0 radical (unpaired) electrons. The van der Waals surface area contributed by atoms with Gasteiger partial charge in [-0.1, -0.05) is 0 Å². The molecule has 3 N–H and O–H groups in total. The summed E-state index contributed by atoms with van der Waals surface area (Å²) in [5, 5.41) is 0. The Morgan fingerprint density at radius 2 is 1.95 bits per heavy atom. The Hall–Kier alpha value is -1.47. The van der Waals surface area contributed by atoms with Gasteiger partial charge in [0.15, 0.2) is 23.3 Å². The Morgan fingerprint density at radius 1 is 1.26 bits per heavy atom. The molecule has 0 bridgehead atoms. The number of pyridine rings is 1. The van der Waals surface area contributed by atoms with Crippen LogP contribution in [0.4, 0.5) is 20.4 Å². The molecular formula is C12H21F2N5. The van der Waals surface area contributed by atoms with Crippen molar-refractivity contribution in [1.82, 2.24) is 9.88 Å². The lowest BCUT2D eigenvalue weighted by molar-refractivity contribution is 0.400. The minimum absolute atomic E-state index is 0.121. The van der Waals surface area contributed by atoms with Crippen molar-refractivity contribution >= 4 is 11.6 Å². The second-order valence-electron chi connectivity index (χ2n) is 4.51. The monoisotopic (exact) mass is 273 g/mol. The lowest BCUT2D eigenvalue weighted by Crippen LogP contribution is -2.29. The summed E-state index contributed by atoms with van der Waals surface area (Å²) in [5.74, 6) is 3.65. The van der Waals surface area contributed by atoms with Crippen molar-refractivity contribution in [3.63, 3.8) is 0 Å². The number of nitrogens with two attached hydrogens (primary N) is 1. The summed E-state index contributed by atoms with van der Waals surface area (Å²) >= 11 is 0. The van der Waals surface area contributed by atoms with Gasteiger partial charge in [-0.2, -0.15) is 0 Å². The van der Waals surface area contributed by atoms with Gasteiger partial charge in [0, 0.05) is 19.2 Å². The molecule has 0 saturated carbocycles. The van der Waals surface area contributed by atoms with E-state index in [1.807, 2.05) is 21.0 Å². The third-order valence-corrected chi connectivity index (χ3v) is 2.76. The van der Waals surface area contributed by atoms with Crippen LogP contribution in [0.3, 0.4) is 0 Å². The van der Waals surface area contributed by atoms with Crippen molar-refractivity contribution in [2.45, 2.75) is 13.3 Å². The first-order valence-electron chi connectivity index (χ1n) is 6.22. The Balaban J connectivity index is 2.85. The highest BCUT2D eigenvalue weighted by Gasteiger charge is 2.16. The van der Waals surface area contributed by atoms with Gasteiger partial charge in [0.1, 0.15) is 0 Å². The van der Waals surface area contributed by atoms with Crippen LogP contribution in [0.2, 0.25) is 0 Å². The predicted molar refractivity (Wildman–Crippen MR) is 73.0 cm³/mol. The number of hydrazine groups is 1. The second-order valence-corrected chi connectivity index (χ2v) is 4.51. The maximum atomic E-state index is 13.8. The zero-order valence-corrected chi connectivity index (χ0v) is 11.6. The van der Waals surface area contributed by atoms with Crippen LogP contribution >= 0.6 is 0 Å². The van der Waals surface area contributed by atoms with E-state index in [1.165, 1.54) is 0 Å². The maximum absolute atomic E-state index is 13.8. The zero-order valence-electron chi connectivity index (χ0n) is 11.6. The lowest BCUT2D eigenvalue weighted by atomic mass is 10.3. The standard InChI is InChI=1S/C12H21F2N5/c1-4-19(7-5-6-18(2)3)12-10(14)8-9(13)11(16-12)17-15/h8H,4-7,15H2,1-3H3,(H,16,17). The van der Waals surface area contributed by atoms with Crippen LogP contribution in [-0.2, 0) is 0 Å². The van der Waals surface area contributed by atoms with Crippen molar-refractivity contribution in [2.75, 3.05) is 44.1 Å². The van der Waals surface area contributed by atoms with Gasteiger partial charge in [-0.3, -0.25) is 0 Å². The predicted octanol–water partition coefficient (Wildman–Crippen LogP) is 1.42. The molecule has 1 heterocycles. The van der Waals surface area contributed by atoms with E-state index in [-0.39, 0.29) is 11.6 Å². The van der Waals surface area contributed by atoms with E-state index in [4.69, 9.17) is 5.84 Å². The average Bonchev–Trinajstić information content (AvgIpc) is 2.35. The SMILES string of the molecule is CCN(CCCN(C)C)c1nc(NN)c(F)cc1F. The number of hydrogen-bond donors (Lipinski definition) is 2. The Morgan fingerprint density at radius 3 is 2.47 bits per heavy atom. The molecule has 0 unspecified atom stereocenters. The Bertz CT molecular complexity index is 411. The molecule has 1 aromatic rings. The minimum atomic E-state index is -0.798. The molecule has 5 nitrogen and oxygen atoms in total. The minimum Gasteiger partial charge on any atom is -0.354 e. The molecular weight excluding hydrogens is 252 g/mol. The molecule has 0 fully saturated rings. The molecule has 0 aliphatic carbocycles. The van der Waals surface area contributed by atoms with Gasteiger partial charge in [0.25, 0.3) is 0 Å². The molecule has 0 spiro atoms. The number of nitrogens with zero attached hydrogens (tertiary/aromatic N) is 3. The highest BCUT2D eigenvalue weighted by atomic mass is 19.1. The van der Waals surface area contributed by atoms with Gasteiger partial charge in [-0.15, -0.1) is 0 Å². The zero-order chi connectivity index (χ0) is 14.4. The second kappa shape index (κ2) is 7.20. The Kier molecular flexibility index (Phi) is 5.91. The molecule has 0 aliphatic rings. The topological polar surface area (TPSA) is 57.4 Å². The number of rotatable bonds is 7. The van der Waals surface area contributed by atoms with Gasteiger partial charge in [0.05, 0.1) is 0 Å². The molecule has 0 amide bonds. The van der Waals surface area contributed by atoms with E-state index in [9.17, 15) is 8.78 Å². The van der Waals surface area contributed by atoms with E-state index < -0.39 is 11.6 Å². The average molecular weight is 273 g/mol. The fourth-order valence-electron chi connectivity index (χ4n) is 1.77. The molecule has 0 atom stereocenters. The summed E-state index contributed by atoms with van der Waals surface area (Å²) in [5.41, 5.74) is 2.13. The van der Waals surface area contributed by atoms with Crippen LogP contribution in [-0.4, -0.2) is 43.6 Å². The van der Waals surface area contributed by atoms with Crippen LogP contribution < -0.4 is 16.2 Å². The smallest absolute Gasteiger partial charge is 0.178 e. The van der Waals surface area contributed by atoms with E-state index in [2.05, 4.69) is 15.3 Å². The third kappa shape index (κ3) is 4.29. The van der Waals surface area contributed by atoms with Crippen LogP contribution in [0, 0.1) is 11.6 Å². The van der Waals surface area contributed by atoms with Crippen LogP contribution in [0.15, 0.2) is 6.07 Å². The first-order valence-corrected chi connectivity index (χ1v) is 6.22. The number of aromatic nitrogens is 1. The van der Waals surface area contributed by atoms with Crippen molar-refractivity contribution in [2.24, 2.45) is 5.84 Å². The van der Waals surface area contributed by atoms with Crippen molar-refractivity contribution in [3.8, 4) is 0 Å². The van der Waals surface area contributed by atoms with E-state index in [0.717, 1.165) is 19.0 Å². The molecule has 0 aromatic carbocycles. The molecule has 108 valence electrons. The molecule has 19 heavy (non-hydrogen) atoms. The fourth-order valence-corrected chi connectivity index (χ4v) is 1.77. The first kappa shape index (κ1) is 15.6. The van der Waals surface area contributed by atoms with Gasteiger partial charge in [-0.05, 0) is 34.0 Å². The van der Waals surface area contributed by atoms with E-state index in [0.29, 0.717) is 13.1 Å². The highest BCUT2D eigenvalue weighted by Crippen LogP contribution is 2.21. The van der Waals surface area contributed by atoms with Crippen LogP contribution in [0.25, 0.3) is 0 Å². The summed E-state index contributed by atoms with van der Waals surface area (Å²) in [6.07, 6.45) is 0.866. The maximum Gasteiger partial charge on any atom is 0.178 e. The lowest BCUT2D eigenvalue weighted by Gasteiger charge is -2.23. The number of nitrogens with one attached hydrogen (secondary N) is 1. The number of nitrogen functional groups attached to an aromatic ring is 1. The fraction of sp³-hybridized carbons (Fsp3) is 0.583. The number of halogens is 2. The van der Waals surface area contributed by atoms with Gasteiger partial charge < -0.3 is 15.2 Å². The molecule has 0 aliphatic heterocycles. The quantitative estimate of drug-likeness (QED) is 0.581. The van der Waals surface area contributed by atoms with Crippen molar-refractivity contribution in [3.05, 3.63) is 17.7 Å². The summed E-state index contributed by atoms with van der Waals surface area (Å²) in [6.45, 7) is 4.03. The van der Waals surface area contributed by atoms with Crippen molar-refractivity contribution in [1.29, 1.82) is 0 Å². The van der Waals surface area contributed by atoms with Crippen molar-refractivity contribution < 1.29 is 8.78 Å². The van der Waals surface area contributed by atoms with Gasteiger partial charge in [0.2, 0.25) is 0 Å². The number of hydrogen-bond acceptors (Lipinski definition) is 5. The summed E-state index contributed by atoms with van der Waals surface area (Å²) in [6, 6.07) is 0.798. The highest BCUT2D eigenvalue weighted by molar-refractivity contribution is 5.48. The van der Waals surface area contributed by atoms with Gasteiger partial charge in [-0.25, -0.2) is 19.6 Å². The Labute approximate surface area is 112 Å². The molecule has 1 aromatic heterocycles. The van der Waals surface area contributed by atoms with Crippen LogP contribution in [0.5, 0.6) is 0 Å². The normalized spacial score (nSPS) is 10.9. The van der Waals surface area contributed by atoms with Gasteiger partial charge >= 0.3 is 0 Å². The largest absolute Gasteiger partial charge is 0.354 e. The number of anilines is 2. The molecule has 1 rings (SSSR count). The summed E-state index contributed by atoms with van der Waals surface area (Å²) < 4.78 is 27.1. The molecule has 0 saturated heterocycles.